The van der Waals surface area contributed by atoms with Crippen molar-refractivity contribution >= 4 is 45.9 Å². The van der Waals surface area contributed by atoms with Gasteiger partial charge >= 0.3 is 0 Å². The summed E-state index contributed by atoms with van der Waals surface area (Å²) in [4.78, 5) is 17.3. The van der Waals surface area contributed by atoms with E-state index in [0.717, 1.165) is 28.6 Å². The maximum atomic E-state index is 12.7. The molecule has 0 aliphatic rings. The second kappa shape index (κ2) is 9.61. The molecule has 0 aliphatic heterocycles. The van der Waals surface area contributed by atoms with Gasteiger partial charge in [0.1, 0.15) is 11.3 Å². The molecule has 1 amide bonds. The van der Waals surface area contributed by atoms with Gasteiger partial charge in [-0.3, -0.25) is 4.79 Å². The Morgan fingerprint density at radius 3 is 2.43 bits per heavy atom. The minimum Gasteiger partial charge on any atom is -0.451 e. The van der Waals surface area contributed by atoms with E-state index in [-0.39, 0.29) is 11.7 Å². The van der Waals surface area contributed by atoms with Crippen LogP contribution < -0.4 is 5.32 Å². The van der Waals surface area contributed by atoms with E-state index in [9.17, 15) is 4.79 Å². The molecule has 3 aromatic carbocycles. The normalized spacial score (nSPS) is 12.1. The van der Waals surface area contributed by atoms with Gasteiger partial charge in [-0.15, -0.1) is 0 Å². The molecule has 5 nitrogen and oxygen atoms in total. The van der Waals surface area contributed by atoms with E-state index in [1.165, 1.54) is 5.56 Å². The highest BCUT2D eigenvalue weighted by Crippen LogP contribution is 2.31. The van der Waals surface area contributed by atoms with Crippen LogP contribution in [0, 0.1) is 0 Å². The van der Waals surface area contributed by atoms with Crippen LogP contribution in [0.1, 0.15) is 42.3 Å². The third-order valence-electron chi connectivity index (χ3n) is 6.02. The number of hydrogen-bond donors (Lipinski definition) is 1. The van der Waals surface area contributed by atoms with Crippen LogP contribution >= 0.6 is 23.2 Å². The van der Waals surface area contributed by atoms with Crippen LogP contribution in [0.2, 0.25) is 10.0 Å². The predicted octanol–water partition coefficient (Wildman–Crippen LogP) is 8.83. The van der Waals surface area contributed by atoms with Crippen LogP contribution in [0.5, 0.6) is 0 Å². The molecule has 0 bridgehead atoms. The number of nitrogens with zero attached hydrogens (tertiary/aromatic N) is 1. The molecule has 0 radical (unpaired) electrons. The number of carbonyl (C=O) groups excluding carboxylic acids is 1. The highest BCUT2D eigenvalue weighted by molar-refractivity contribution is 6.42. The van der Waals surface area contributed by atoms with Crippen molar-refractivity contribution in [3.8, 4) is 22.8 Å². The maximum Gasteiger partial charge on any atom is 0.291 e. The van der Waals surface area contributed by atoms with Crippen LogP contribution in [0.3, 0.4) is 0 Å². The molecule has 0 fully saturated rings. The molecule has 176 valence electrons. The average Bonchev–Trinajstić information content (AvgIpc) is 3.53. The molecule has 5 rings (SSSR count). The van der Waals surface area contributed by atoms with Crippen molar-refractivity contribution in [2.75, 3.05) is 5.32 Å². The first-order valence-corrected chi connectivity index (χ1v) is 12.0. The van der Waals surface area contributed by atoms with Gasteiger partial charge in [-0.1, -0.05) is 43.1 Å². The number of benzene rings is 3. The first-order valence-electron chi connectivity index (χ1n) is 11.3. The summed E-state index contributed by atoms with van der Waals surface area (Å²) in [6, 6.07) is 22.0. The Morgan fingerprint density at radius 2 is 1.69 bits per heavy atom. The molecule has 1 unspecified atom stereocenters. The van der Waals surface area contributed by atoms with E-state index < -0.39 is 0 Å². The second-order valence-corrected chi connectivity index (χ2v) is 9.19. The summed E-state index contributed by atoms with van der Waals surface area (Å²) < 4.78 is 11.7. The lowest BCUT2D eigenvalue weighted by molar-refractivity contribution is 0.0997. The van der Waals surface area contributed by atoms with E-state index in [1.807, 2.05) is 18.2 Å². The Balaban J connectivity index is 1.30. The minimum atomic E-state index is -0.358. The fourth-order valence-electron chi connectivity index (χ4n) is 3.76. The Bertz CT molecular complexity index is 1520. The summed E-state index contributed by atoms with van der Waals surface area (Å²) in [6.07, 6.45) is 1.07. The van der Waals surface area contributed by atoms with Gasteiger partial charge in [-0.2, -0.15) is 0 Å². The number of carbonyl (C=O) groups is 1. The number of oxazole rings is 1. The summed E-state index contributed by atoms with van der Waals surface area (Å²) in [6.45, 7) is 4.37. The van der Waals surface area contributed by atoms with Gasteiger partial charge in [-0.25, -0.2) is 4.98 Å². The van der Waals surface area contributed by atoms with Crippen molar-refractivity contribution in [1.82, 2.24) is 4.98 Å². The van der Waals surface area contributed by atoms with E-state index in [2.05, 4.69) is 36.3 Å². The number of fused-ring (bicyclic) bond motifs is 1. The zero-order chi connectivity index (χ0) is 24.5. The van der Waals surface area contributed by atoms with Gasteiger partial charge < -0.3 is 14.2 Å². The van der Waals surface area contributed by atoms with E-state index in [0.29, 0.717) is 33.3 Å². The molecular formula is C28H22Cl2N2O3. The number of anilines is 1. The number of halogens is 2. The first-order chi connectivity index (χ1) is 16.9. The van der Waals surface area contributed by atoms with Crippen LogP contribution in [0.25, 0.3) is 33.9 Å². The number of aromatic nitrogens is 1. The Morgan fingerprint density at radius 1 is 0.914 bits per heavy atom. The van der Waals surface area contributed by atoms with Crippen molar-refractivity contribution < 1.29 is 13.6 Å². The van der Waals surface area contributed by atoms with Gasteiger partial charge in [0.25, 0.3) is 5.91 Å². The molecule has 0 saturated carbocycles. The molecular weight excluding hydrogens is 483 g/mol. The zero-order valence-corrected chi connectivity index (χ0v) is 20.7. The fraction of sp³-hybridized carbons (Fsp3) is 0.143. The highest BCUT2D eigenvalue weighted by Gasteiger charge is 2.15. The summed E-state index contributed by atoms with van der Waals surface area (Å²) in [5.74, 6) is 1.36. The lowest BCUT2D eigenvalue weighted by atomic mass is 9.98. The minimum absolute atomic E-state index is 0.186. The predicted molar refractivity (Wildman–Crippen MR) is 140 cm³/mol. The molecule has 35 heavy (non-hydrogen) atoms. The first kappa shape index (κ1) is 23.2. The summed E-state index contributed by atoms with van der Waals surface area (Å²) in [7, 11) is 0. The van der Waals surface area contributed by atoms with Gasteiger partial charge in [0.2, 0.25) is 5.89 Å². The van der Waals surface area contributed by atoms with Crippen LogP contribution in [-0.4, -0.2) is 10.9 Å². The van der Waals surface area contributed by atoms with Crippen molar-refractivity contribution in [3.63, 3.8) is 0 Å². The van der Waals surface area contributed by atoms with E-state index in [4.69, 9.17) is 32.0 Å². The quantitative estimate of drug-likeness (QED) is 0.250. The van der Waals surface area contributed by atoms with Gasteiger partial charge in [0, 0.05) is 16.8 Å². The fourth-order valence-corrected chi connectivity index (χ4v) is 4.06. The zero-order valence-electron chi connectivity index (χ0n) is 19.1. The smallest absolute Gasteiger partial charge is 0.291 e. The Labute approximate surface area is 212 Å². The molecule has 0 saturated heterocycles. The standard InChI is InChI=1S/C28H22Cl2N2O3/c1-3-16(2)18-7-11-25-23(15-18)32-28(35-25)17-4-8-20(9-5-17)31-27(33)26-13-12-24(34-26)19-6-10-21(29)22(30)14-19/h4-16H,3H2,1-2H3,(H,31,33). The molecule has 2 heterocycles. The van der Waals surface area contributed by atoms with Crippen molar-refractivity contribution in [2.24, 2.45) is 0 Å². The topological polar surface area (TPSA) is 68.3 Å². The third-order valence-corrected chi connectivity index (χ3v) is 6.76. The maximum absolute atomic E-state index is 12.7. The molecule has 1 atom stereocenters. The summed E-state index contributed by atoms with van der Waals surface area (Å²) in [5.41, 5.74) is 5.02. The van der Waals surface area contributed by atoms with Crippen molar-refractivity contribution in [2.45, 2.75) is 26.2 Å². The lowest BCUT2D eigenvalue weighted by Gasteiger charge is -2.07. The average molecular weight is 505 g/mol. The lowest BCUT2D eigenvalue weighted by Crippen LogP contribution is -2.10. The molecule has 0 aliphatic carbocycles. The number of rotatable bonds is 6. The molecule has 2 aromatic heterocycles. The number of nitrogens with one attached hydrogen (secondary N) is 1. The van der Waals surface area contributed by atoms with Crippen LogP contribution in [-0.2, 0) is 0 Å². The van der Waals surface area contributed by atoms with Gasteiger partial charge in [-0.05, 0) is 84.6 Å². The summed E-state index contributed by atoms with van der Waals surface area (Å²) >= 11 is 12.1. The number of hydrogen-bond acceptors (Lipinski definition) is 4. The Kier molecular flexibility index (Phi) is 6.37. The molecule has 7 heteroatoms. The van der Waals surface area contributed by atoms with Crippen LogP contribution in [0.4, 0.5) is 5.69 Å². The van der Waals surface area contributed by atoms with Crippen molar-refractivity contribution in [3.05, 3.63) is 94.2 Å². The van der Waals surface area contributed by atoms with Gasteiger partial charge in [0.15, 0.2) is 11.3 Å². The summed E-state index contributed by atoms with van der Waals surface area (Å²) in [5, 5.41) is 3.72. The van der Waals surface area contributed by atoms with Crippen LogP contribution in [0.15, 0.2) is 81.6 Å². The second-order valence-electron chi connectivity index (χ2n) is 8.38. The van der Waals surface area contributed by atoms with Gasteiger partial charge in [0.05, 0.1) is 10.0 Å². The largest absolute Gasteiger partial charge is 0.451 e. The van der Waals surface area contributed by atoms with Crippen molar-refractivity contribution in [1.29, 1.82) is 0 Å². The number of amides is 1. The highest BCUT2D eigenvalue weighted by atomic mass is 35.5. The molecule has 0 spiro atoms. The SMILES string of the molecule is CCC(C)c1ccc2oc(-c3ccc(NC(=O)c4ccc(-c5ccc(Cl)c(Cl)c5)o4)cc3)nc2c1. The monoisotopic (exact) mass is 504 g/mol. The Hall–Kier alpha value is -3.54. The number of furan rings is 1. The third kappa shape index (κ3) is 4.83. The molecule has 5 aromatic rings. The molecule has 1 N–H and O–H groups in total. The van der Waals surface area contributed by atoms with E-state index >= 15 is 0 Å². The van der Waals surface area contributed by atoms with E-state index in [1.54, 1.807) is 42.5 Å².